The normalized spacial score (nSPS) is 10.4. The Bertz CT molecular complexity index is 520. The Morgan fingerprint density at radius 2 is 2.00 bits per heavy atom. The number of rotatable bonds is 4. The summed E-state index contributed by atoms with van der Waals surface area (Å²) in [6, 6.07) is 4.19. The maximum absolute atomic E-state index is 4.46. The third kappa shape index (κ3) is 2.64. The number of anilines is 1. The molecule has 1 N–H and O–H groups in total. The molecule has 2 heterocycles. The fourth-order valence-corrected chi connectivity index (χ4v) is 1.86. The van der Waals surface area contributed by atoms with E-state index in [1.54, 1.807) is 6.33 Å². The number of hydrogen-bond acceptors (Lipinski definition) is 4. The summed E-state index contributed by atoms with van der Waals surface area (Å²) >= 11 is 0. The minimum Gasteiger partial charge on any atom is -0.373 e. The van der Waals surface area contributed by atoms with Gasteiger partial charge in [0.2, 0.25) is 0 Å². The molecule has 2 rings (SSSR count). The summed E-state index contributed by atoms with van der Waals surface area (Å²) in [6.07, 6.45) is 5.29. The molecule has 18 heavy (non-hydrogen) atoms. The molecule has 0 fully saturated rings. The molecule has 4 heteroatoms. The summed E-state index contributed by atoms with van der Waals surface area (Å²) < 4.78 is 0. The van der Waals surface area contributed by atoms with Crippen LogP contribution in [0.3, 0.4) is 0 Å². The standard InChI is InChI=1S/C14H18N4/c1-4-11-5-6-12(16-8-11)7-13-10(2)14(15-3)18-9-17-13/h5-6,8-9H,4,7H2,1-3H3,(H,15,17,18). The van der Waals surface area contributed by atoms with Crippen LogP contribution in [-0.2, 0) is 12.8 Å². The fourth-order valence-electron chi connectivity index (χ4n) is 1.86. The number of aryl methyl sites for hydroxylation is 1. The first-order valence-electron chi connectivity index (χ1n) is 6.16. The highest BCUT2D eigenvalue weighted by Crippen LogP contribution is 2.15. The van der Waals surface area contributed by atoms with Crippen LogP contribution >= 0.6 is 0 Å². The molecule has 0 spiro atoms. The molecule has 4 nitrogen and oxygen atoms in total. The Morgan fingerprint density at radius 3 is 2.61 bits per heavy atom. The van der Waals surface area contributed by atoms with Gasteiger partial charge in [-0.25, -0.2) is 9.97 Å². The van der Waals surface area contributed by atoms with E-state index in [-0.39, 0.29) is 0 Å². The van der Waals surface area contributed by atoms with E-state index >= 15 is 0 Å². The summed E-state index contributed by atoms with van der Waals surface area (Å²) in [7, 11) is 1.87. The van der Waals surface area contributed by atoms with Crippen LogP contribution < -0.4 is 5.32 Å². The highest BCUT2D eigenvalue weighted by Gasteiger charge is 2.07. The number of nitrogens with zero attached hydrogens (tertiary/aromatic N) is 3. The molecule has 0 saturated heterocycles. The number of hydrogen-bond donors (Lipinski definition) is 1. The van der Waals surface area contributed by atoms with Crippen LogP contribution in [-0.4, -0.2) is 22.0 Å². The molecule has 0 unspecified atom stereocenters. The lowest BCUT2D eigenvalue weighted by molar-refractivity contribution is 0.954. The van der Waals surface area contributed by atoms with Gasteiger partial charge in [-0.05, 0) is 25.0 Å². The average Bonchev–Trinajstić information content (AvgIpc) is 2.42. The van der Waals surface area contributed by atoms with Crippen LogP contribution in [0.1, 0.15) is 29.4 Å². The lowest BCUT2D eigenvalue weighted by atomic mass is 10.1. The van der Waals surface area contributed by atoms with E-state index in [1.165, 1.54) is 5.56 Å². The lowest BCUT2D eigenvalue weighted by Crippen LogP contribution is -2.03. The van der Waals surface area contributed by atoms with E-state index < -0.39 is 0 Å². The predicted molar refractivity (Wildman–Crippen MR) is 72.7 cm³/mol. The summed E-state index contributed by atoms with van der Waals surface area (Å²) in [5.74, 6) is 0.880. The van der Waals surface area contributed by atoms with Crippen LogP contribution in [0.5, 0.6) is 0 Å². The molecule has 0 aliphatic rings. The molecular formula is C14H18N4. The van der Waals surface area contributed by atoms with Gasteiger partial charge in [-0.2, -0.15) is 0 Å². The molecule has 94 valence electrons. The van der Waals surface area contributed by atoms with Gasteiger partial charge in [0.15, 0.2) is 0 Å². The van der Waals surface area contributed by atoms with Crippen molar-refractivity contribution in [2.45, 2.75) is 26.7 Å². The van der Waals surface area contributed by atoms with Gasteiger partial charge < -0.3 is 5.32 Å². The third-order valence-corrected chi connectivity index (χ3v) is 3.07. The van der Waals surface area contributed by atoms with Crippen LogP contribution in [0.4, 0.5) is 5.82 Å². The Kier molecular flexibility index (Phi) is 3.87. The van der Waals surface area contributed by atoms with Crippen molar-refractivity contribution in [1.82, 2.24) is 15.0 Å². The van der Waals surface area contributed by atoms with Crippen molar-refractivity contribution in [3.8, 4) is 0 Å². The highest BCUT2D eigenvalue weighted by molar-refractivity contribution is 5.45. The zero-order valence-corrected chi connectivity index (χ0v) is 11.1. The van der Waals surface area contributed by atoms with Gasteiger partial charge >= 0.3 is 0 Å². The van der Waals surface area contributed by atoms with E-state index in [4.69, 9.17) is 0 Å². The van der Waals surface area contributed by atoms with E-state index in [9.17, 15) is 0 Å². The van der Waals surface area contributed by atoms with Crippen LogP contribution in [0.15, 0.2) is 24.7 Å². The van der Waals surface area contributed by atoms with Gasteiger partial charge in [-0.15, -0.1) is 0 Å². The highest BCUT2D eigenvalue weighted by atomic mass is 15.0. The zero-order chi connectivity index (χ0) is 13.0. The van der Waals surface area contributed by atoms with Gasteiger partial charge in [-0.3, -0.25) is 4.98 Å². The second kappa shape index (κ2) is 5.58. The van der Waals surface area contributed by atoms with Gasteiger partial charge in [0.05, 0.1) is 5.69 Å². The van der Waals surface area contributed by atoms with Crippen molar-refractivity contribution in [1.29, 1.82) is 0 Å². The molecule has 2 aromatic heterocycles. The van der Waals surface area contributed by atoms with Gasteiger partial charge in [0, 0.05) is 30.9 Å². The van der Waals surface area contributed by atoms with E-state index in [2.05, 4.69) is 39.3 Å². The Balaban J connectivity index is 2.22. The fraction of sp³-hybridized carbons (Fsp3) is 0.357. The summed E-state index contributed by atoms with van der Waals surface area (Å²) in [5.41, 5.74) is 4.40. The zero-order valence-electron chi connectivity index (χ0n) is 11.1. The monoisotopic (exact) mass is 242 g/mol. The van der Waals surface area contributed by atoms with Crippen LogP contribution in [0, 0.1) is 6.92 Å². The Morgan fingerprint density at radius 1 is 1.17 bits per heavy atom. The van der Waals surface area contributed by atoms with Crippen molar-refractivity contribution in [3.05, 3.63) is 47.2 Å². The minimum absolute atomic E-state index is 0.743. The number of nitrogens with one attached hydrogen (secondary N) is 1. The van der Waals surface area contributed by atoms with Gasteiger partial charge in [0.25, 0.3) is 0 Å². The maximum atomic E-state index is 4.46. The second-order valence-electron chi connectivity index (χ2n) is 4.23. The predicted octanol–water partition coefficient (Wildman–Crippen LogP) is 2.37. The van der Waals surface area contributed by atoms with E-state index in [0.717, 1.165) is 35.6 Å². The molecular weight excluding hydrogens is 224 g/mol. The molecule has 0 aromatic carbocycles. The molecule has 0 radical (unpaired) electrons. The molecule has 0 aliphatic heterocycles. The smallest absolute Gasteiger partial charge is 0.132 e. The minimum atomic E-state index is 0.743. The van der Waals surface area contributed by atoms with Gasteiger partial charge in [-0.1, -0.05) is 13.0 Å². The van der Waals surface area contributed by atoms with Crippen molar-refractivity contribution >= 4 is 5.82 Å². The van der Waals surface area contributed by atoms with Crippen molar-refractivity contribution in [2.24, 2.45) is 0 Å². The molecule has 0 aliphatic carbocycles. The van der Waals surface area contributed by atoms with Gasteiger partial charge in [0.1, 0.15) is 12.1 Å². The lowest BCUT2D eigenvalue weighted by Gasteiger charge is -2.08. The van der Waals surface area contributed by atoms with Crippen LogP contribution in [0.25, 0.3) is 0 Å². The third-order valence-electron chi connectivity index (χ3n) is 3.07. The molecule has 2 aromatic rings. The number of pyridine rings is 1. The Hall–Kier alpha value is -1.97. The molecule has 0 bridgehead atoms. The largest absolute Gasteiger partial charge is 0.373 e. The maximum Gasteiger partial charge on any atom is 0.132 e. The van der Waals surface area contributed by atoms with Crippen molar-refractivity contribution in [2.75, 3.05) is 12.4 Å². The summed E-state index contributed by atoms with van der Waals surface area (Å²) in [5, 5.41) is 3.07. The van der Waals surface area contributed by atoms with Crippen molar-refractivity contribution < 1.29 is 0 Å². The number of aromatic nitrogens is 3. The first-order valence-corrected chi connectivity index (χ1v) is 6.16. The van der Waals surface area contributed by atoms with Crippen molar-refractivity contribution in [3.63, 3.8) is 0 Å². The quantitative estimate of drug-likeness (QED) is 0.894. The SMILES string of the molecule is CCc1ccc(Cc2ncnc(NC)c2C)nc1. The summed E-state index contributed by atoms with van der Waals surface area (Å²) in [6.45, 7) is 4.16. The van der Waals surface area contributed by atoms with Crippen LogP contribution in [0.2, 0.25) is 0 Å². The second-order valence-corrected chi connectivity index (χ2v) is 4.23. The molecule has 0 amide bonds. The topological polar surface area (TPSA) is 50.7 Å². The Labute approximate surface area is 108 Å². The van der Waals surface area contributed by atoms with E-state index in [1.807, 2.05) is 20.2 Å². The summed E-state index contributed by atoms with van der Waals surface area (Å²) in [4.78, 5) is 13.0. The molecule has 0 atom stereocenters. The average molecular weight is 242 g/mol. The van der Waals surface area contributed by atoms with E-state index in [0.29, 0.717) is 0 Å². The first kappa shape index (κ1) is 12.5. The first-order chi connectivity index (χ1) is 8.74. The molecule has 0 saturated carbocycles.